The van der Waals surface area contributed by atoms with Crippen molar-refractivity contribution in [1.29, 1.82) is 0 Å². The average Bonchev–Trinajstić information content (AvgIpc) is 2.00. The molecular weight excluding hydrogens is 255 g/mol. The minimum atomic E-state index is -0.254. The molecule has 0 aliphatic carbocycles. The zero-order chi connectivity index (χ0) is 8.69. The monoisotopic (exact) mass is 268 g/mol. The highest BCUT2D eigenvalue weighted by Gasteiger charge is 1.95. The summed E-state index contributed by atoms with van der Waals surface area (Å²) in [5, 5.41) is 0. The summed E-state index contributed by atoms with van der Waals surface area (Å²) in [5.74, 6) is -0.254. The number of ether oxygens (including phenoxy) is 1. The normalized spacial score (nSPS) is 11.4. The maximum atomic E-state index is 10.7. The highest BCUT2D eigenvalue weighted by molar-refractivity contribution is 14.1. The Morgan fingerprint density at radius 2 is 2.27 bits per heavy atom. The van der Waals surface area contributed by atoms with E-state index < -0.39 is 0 Å². The predicted octanol–water partition coefficient (Wildman–Crippen LogP) is 2.32. The molecule has 0 N–H and O–H groups in total. The highest BCUT2D eigenvalue weighted by Crippen LogP contribution is 2.05. The number of allylic oxidation sites excluding steroid dienone is 1. The van der Waals surface area contributed by atoms with E-state index in [1.165, 1.54) is 7.11 Å². The largest absolute Gasteiger partial charge is 0.466 e. The van der Waals surface area contributed by atoms with E-state index in [-0.39, 0.29) is 5.97 Å². The van der Waals surface area contributed by atoms with E-state index in [0.717, 1.165) is 22.8 Å². The lowest BCUT2D eigenvalue weighted by atomic mass is 10.2. The van der Waals surface area contributed by atoms with Gasteiger partial charge in [-0.1, -0.05) is 28.2 Å². The Morgan fingerprint density at radius 3 is 2.73 bits per heavy atom. The second-order valence-electron chi connectivity index (χ2n) is 2.31. The van der Waals surface area contributed by atoms with Crippen LogP contribution < -0.4 is 0 Å². The lowest BCUT2D eigenvalue weighted by molar-refractivity contribution is -0.134. The van der Waals surface area contributed by atoms with E-state index in [0.29, 0.717) is 0 Å². The van der Waals surface area contributed by atoms with Crippen LogP contribution in [0.3, 0.4) is 0 Å². The molecule has 0 radical (unpaired) electrons. The van der Waals surface area contributed by atoms with Crippen LogP contribution >= 0.6 is 22.6 Å². The molecule has 0 heterocycles. The third-order valence-electron chi connectivity index (χ3n) is 1.27. The maximum absolute atomic E-state index is 10.7. The highest BCUT2D eigenvalue weighted by atomic mass is 127. The fourth-order valence-electron chi connectivity index (χ4n) is 0.678. The third kappa shape index (κ3) is 6.34. The fraction of sp³-hybridized carbons (Fsp3) is 0.625. The molecule has 0 saturated carbocycles. The lowest BCUT2D eigenvalue weighted by Crippen LogP contribution is -1.95. The first-order valence-electron chi connectivity index (χ1n) is 3.51. The molecule has 0 aromatic carbocycles. The van der Waals surface area contributed by atoms with Gasteiger partial charge in [-0.2, -0.15) is 0 Å². The third-order valence-corrected chi connectivity index (χ3v) is 2.03. The number of alkyl halides is 1. The number of hydrogen-bond acceptors (Lipinski definition) is 2. The average molecular weight is 268 g/mol. The van der Waals surface area contributed by atoms with E-state index in [1.807, 2.05) is 6.92 Å². The van der Waals surface area contributed by atoms with Crippen molar-refractivity contribution in [3.05, 3.63) is 11.6 Å². The van der Waals surface area contributed by atoms with Gasteiger partial charge in [0.25, 0.3) is 0 Å². The van der Waals surface area contributed by atoms with Crippen molar-refractivity contribution in [2.75, 3.05) is 11.5 Å². The molecule has 0 atom stereocenters. The Kier molecular flexibility index (Phi) is 6.60. The number of carbonyl (C=O) groups excluding carboxylic acids is 1. The Balaban J connectivity index is 3.70. The molecule has 0 amide bonds. The van der Waals surface area contributed by atoms with Gasteiger partial charge < -0.3 is 4.74 Å². The van der Waals surface area contributed by atoms with Crippen LogP contribution in [0.1, 0.15) is 19.8 Å². The van der Waals surface area contributed by atoms with Gasteiger partial charge in [0.1, 0.15) is 0 Å². The van der Waals surface area contributed by atoms with Gasteiger partial charge in [-0.3, -0.25) is 0 Å². The van der Waals surface area contributed by atoms with Gasteiger partial charge in [0.2, 0.25) is 0 Å². The summed E-state index contributed by atoms with van der Waals surface area (Å²) >= 11 is 2.32. The Bertz CT molecular complexity index is 152. The Labute approximate surface area is 81.1 Å². The summed E-state index contributed by atoms with van der Waals surface area (Å²) in [6.45, 7) is 1.95. The molecular formula is C8H13IO2. The molecule has 0 rings (SSSR count). The number of halogens is 1. The van der Waals surface area contributed by atoms with Crippen molar-refractivity contribution in [3.63, 3.8) is 0 Å². The number of carbonyl (C=O) groups is 1. The van der Waals surface area contributed by atoms with Gasteiger partial charge in [0.05, 0.1) is 7.11 Å². The molecule has 3 heteroatoms. The number of hydrogen-bond donors (Lipinski definition) is 0. The van der Waals surface area contributed by atoms with Gasteiger partial charge in [-0.25, -0.2) is 4.79 Å². The molecule has 0 bridgehead atoms. The summed E-state index contributed by atoms with van der Waals surface area (Å²) in [6, 6.07) is 0. The molecule has 0 spiro atoms. The Morgan fingerprint density at radius 1 is 1.64 bits per heavy atom. The molecule has 0 aliphatic rings. The van der Waals surface area contributed by atoms with Crippen LogP contribution in [0.15, 0.2) is 11.6 Å². The summed E-state index contributed by atoms with van der Waals surface area (Å²) in [5.41, 5.74) is 1.09. The minimum Gasteiger partial charge on any atom is -0.466 e. The summed E-state index contributed by atoms with van der Waals surface area (Å²) < 4.78 is 5.61. The first-order valence-corrected chi connectivity index (χ1v) is 5.04. The number of esters is 1. The molecule has 0 unspecified atom stereocenters. The SMILES string of the molecule is COC(=O)/C=C(\C)CCCI. The van der Waals surface area contributed by atoms with Crippen LogP contribution in [-0.2, 0) is 9.53 Å². The van der Waals surface area contributed by atoms with Crippen LogP contribution in [0.5, 0.6) is 0 Å². The van der Waals surface area contributed by atoms with E-state index in [4.69, 9.17) is 0 Å². The van der Waals surface area contributed by atoms with E-state index >= 15 is 0 Å². The van der Waals surface area contributed by atoms with Crippen molar-refractivity contribution >= 4 is 28.6 Å². The number of rotatable bonds is 4. The van der Waals surface area contributed by atoms with Gasteiger partial charge in [0.15, 0.2) is 0 Å². The smallest absolute Gasteiger partial charge is 0.330 e. The van der Waals surface area contributed by atoms with Crippen molar-refractivity contribution in [2.24, 2.45) is 0 Å². The van der Waals surface area contributed by atoms with Crippen LogP contribution in [0.2, 0.25) is 0 Å². The van der Waals surface area contributed by atoms with Crippen LogP contribution in [0.25, 0.3) is 0 Å². The first-order chi connectivity index (χ1) is 5.20. The van der Waals surface area contributed by atoms with E-state index in [9.17, 15) is 4.79 Å². The van der Waals surface area contributed by atoms with Gasteiger partial charge in [0, 0.05) is 6.08 Å². The fourth-order valence-corrected chi connectivity index (χ4v) is 1.06. The van der Waals surface area contributed by atoms with E-state index in [2.05, 4.69) is 27.3 Å². The summed E-state index contributed by atoms with van der Waals surface area (Å²) in [7, 11) is 1.39. The Hall–Kier alpha value is -0.0600. The van der Waals surface area contributed by atoms with Crippen LogP contribution in [0, 0.1) is 0 Å². The zero-order valence-corrected chi connectivity index (χ0v) is 9.05. The minimum absolute atomic E-state index is 0.254. The van der Waals surface area contributed by atoms with E-state index in [1.54, 1.807) is 6.08 Å². The second kappa shape index (κ2) is 6.64. The van der Waals surface area contributed by atoms with Gasteiger partial charge in [-0.05, 0) is 24.2 Å². The van der Waals surface area contributed by atoms with Crippen molar-refractivity contribution < 1.29 is 9.53 Å². The molecule has 0 aromatic rings. The maximum Gasteiger partial charge on any atom is 0.330 e. The molecule has 64 valence electrons. The second-order valence-corrected chi connectivity index (χ2v) is 3.39. The molecule has 0 saturated heterocycles. The standard InChI is InChI=1S/C8H13IO2/c1-7(4-3-5-9)6-8(10)11-2/h6H,3-5H2,1-2H3/b7-6+. The predicted molar refractivity (Wildman–Crippen MR) is 53.9 cm³/mol. The lowest BCUT2D eigenvalue weighted by Gasteiger charge is -1.97. The van der Waals surface area contributed by atoms with Crippen molar-refractivity contribution in [3.8, 4) is 0 Å². The van der Waals surface area contributed by atoms with Gasteiger partial charge >= 0.3 is 5.97 Å². The molecule has 0 aromatic heterocycles. The first kappa shape index (κ1) is 10.9. The van der Waals surface area contributed by atoms with Crippen LogP contribution in [0.4, 0.5) is 0 Å². The van der Waals surface area contributed by atoms with Crippen molar-refractivity contribution in [2.45, 2.75) is 19.8 Å². The summed E-state index contributed by atoms with van der Waals surface area (Å²) in [6.07, 6.45) is 3.66. The molecule has 0 aliphatic heterocycles. The van der Waals surface area contributed by atoms with Crippen LogP contribution in [-0.4, -0.2) is 17.5 Å². The summed E-state index contributed by atoms with van der Waals surface area (Å²) in [4.78, 5) is 10.7. The zero-order valence-electron chi connectivity index (χ0n) is 6.89. The number of methoxy groups -OCH3 is 1. The molecule has 2 nitrogen and oxygen atoms in total. The van der Waals surface area contributed by atoms with Crippen molar-refractivity contribution in [1.82, 2.24) is 0 Å². The topological polar surface area (TPSA) is 26.3 Å². The van der Waals surface area contributed by atoms with Gasteiger partial charge in [-0.15, -0.1) is 0 Å². The molecule has 0 fully saturated rings. The molecule has 11 heavy (non-hydrogen) atoms. The quantitative estimate of drug-likeness (QED) is 0.338.